The summed E-state index contributed by atoms with van der Waals surface area (Å²) in [5, 5.41) is 11.7. The zero-order valence-electron chi connectivity index (χ0n) is 10.9. The number of anilines is 1. The highest BCUT2D eigenvalue weighted by atomic mass is 32.2. The van der Waals surface area contributed by atoms with Gasteiger partial charge < -0.3 is 5.11 Å². The molecule has 2 N–H and O–H groups in total. The van der Waals surface area contributed by atoms with Crippen LogP contribution in [0.15, 0.2) is 52.9 Å². The molecule has 7 heteroatoms. The molecule has 0 aliphatic heterocycles. The first-order valence-corrected chi connectivity index (χ1v) is 8.52. The highest BCUT2D eigenvalue weighted by molar-refractivity contribution is 7.93. The van der Waals surface area contributed by atoms with Gasteiger partial charge in [-0.3, -0.25) is 9.71 Å². The summed E-state index contributed by atoms with van der Waals surface area (Å²) in [6.07, 6.45) is 1.61. The van der Waals surface area contributed by atoms with Crippen molar-refractivity contribution in [3.05, 3.63) is 52.9 Å². The highest BCUT2D eigenvalue weighted by Gasteiger charge is 2.20. The second-order valence-corrected chi connectivity index (χ2v) is 7.00. The fourth-order valence-electron chi connectivity index (χ4n) is 2.07. The monoisotopic (exact) mass is 320 g/mol. The first kappa shape index (κ1) is 14.0. The molecule has 0 aliphatic carbocycles. The van der Waals surface area contributed by atoms with E-state index in [1.807, 2.05) is 12.1 Å². The molecule has 21 heavy (non-hydrogen) atoms. The number of aliphatic hydroxyl groups is 1. The fraction of sp³-hybridized carbons (Fsp3) is 0.0714. The number of aromatic nitrogens is 1. The van der Waals surface area contributed by atoms with Gasteiger partial charge in [0, 0.05) is 11.6 Å². The maximum Gasteiger partial charge on any atom is 0.263 e. The summed E-state index contributed by atoms with van der Waals surface area (Å²) in [6.45, 7) is -0.304. The molecular weight excluding hydrogens is 308 g/mol. The van der Waals surface area contributed by atoms with Gasteiger partial charge in [0.2, 0.25) is 0 Å². The standard InChI is InChI=1S/C14H12N2O3S2/c17-9-12-13(6-8-20-12)21(18,19)16-11-5-1-3-10-4-2-7-15-14(10)11/h1-8,16-17H,9H2. The van der Waals surface area contributed by atoms with Crippen molar-refractivity contribution >= 4 is 38.0 Å². The number of nitrogens with zero attached hydrogens (tertiary/aromatic N) is 1. The van der Waals surface area contributed by atoms with Crippen molar-refractivity contribution in [2.45, 2.75) is 11.5 Å². The maximum absolute atomic E-state index is 12.4. The molecule has 0 amide bonds. The summed E-state index contributed by atoms with van der Waals surface area (Å²) in [7, 11) is -3.74. The summed E-state index contributed by atoms with van der Waals surface area (Å²) >= 11 is 1.21. The molecule has 108 valence electrons. The molecular formula is C14H12N2O3S2. The number of aliphatic hydroxyl groups excluding tert-OH is 1. The van der Waals surface area contributed by atoms with Crippen LogP contribution < -0.4 is 4.72 Å². The van der Waals surface area contributed by atoms with Crippen LogP contribution in [0.5, 0.6) is 0 Å². The number of fused-ring (bicyclic) bond motifs is 1. The van der Waals surface area contributed by atoms with Crippen molar-refractivity contribution in [3.63, 3.8) is 0 Å². The molecule has 1 aromatic carbocycles. The van der Waals surface area contributed by atoms with E-state index in [1.165, 1.54) is 17.4 Å². The van der Waals surface area contributed by atoms with Gasteiger partial charge in [-0.05, 0) is 23.6 Å². The third kappa shape index (κ3) is 2.63. The van der Waals surface area contributed by atoms with Crippen LogP contribution in [0.25, 0.3) is 10.9 Å². The molecule has 0 spiro atoms. The minimum Gasteiger partial charge on any atom is -0.391 e. The Morgan fingerprint density at radius 3 is 2.81 bits per heavy atom. The Kier molecular flexibility index (Phi) is 3.62. The Bertz CT molecular complexity index is 883. The molecule has 0 unspecified atom stereocenters. The Balaban J connectivity index is 2.06. The summed E-state index contributed by atoms with van der Waals surface area (Å²) in [5.41, 5.74) is 1.01. The predicted molar refractivity (Wildman–Crippen MR) is 82.8 cm³/mol. The van der Waals surface area contributed by atoms with Crippen LogP contribution in [-0.4, -0.2) is 18.5 Å². The maximum atomic E-state index is 12.4. The van der Waals surface area contributed by atoms with E-state index in [2.05, 4.69) is 9.71 Å². The average Bonchev–Trinajstić information content (AvgIpc) is 2.97. The highest BCUT2D eigenvalue weighted by Crippen LogP contribution is 2.27. The number of thiophene rings is 1. The van der Waals surface area contributed by atoms with Crippen molar-refractivity contribution in [1.29, 1.82) is 0 Å². The Labute approximate surface area is 125 Å². The van der Waals surface area contributed by atoms with Gasteiger partial charge in [0.05, 0.1) is 22.7 Å². The lowest BCUT2D eigenvalue weighted by Crippen LogP contribution is -2.14. The van der Waals surface area contributed by atoms with Gasteiger partial charge in [-0.2, -0.15) is 0 Å². The molecule has 3 aromatic rings. The van der Waals surface area contributed by atoms with Crippen molar-refractivity contribution in [3.8, 4) is 0 Å². The summed E-state index contributed by atoms with van der Waals surface area (Å²) in [4.78, 5) is 4.73. The van der Waals surface area contributed by atoms with E-state index in [0.717, 1.165) is 5.39 Å². The molecule has 0 radical (unpaired) electrons. The number of para-hydroxylation sites is 1. The lowest BCUT2D eigenvalue weighted by Gasteiger charge is -2.10. The van der Waals surface area contributed by atoms with E-state index in [-0.39, 0.29) is 11.5 Å². The molecule has 0 aliphatic rings. The van der Waals surface area contributed by atoms with Crippen molar-refractivity contribution < 1.29 is 13.5 Å². The second kappa shape index (κ2) is 5.44. The van der Waals surface area contributed by atoms with E-state index in [4.69, 9.17) is 0 Å². The first-order valence-electron chi connectivity index (χ1n) is 6.15. The van der Waals surface area contributed by atoms with Gasteiger partial charge >= 0.3 is 0 Å². The van der Waals surface area contributed by atoms with Crippen LogP contribution in [0, 0.1) is 0 Å². The second-order valence-electron chi connectivity index (χ2n) is 4.35. The minimum atomic E-state index is -3.74. The van der Waals surface area contributed by atoms with Crippen LogP contribution in [-0.2, 0) is 16.6 Å². The van der Waals surface area contributed by atoms with Crippen molar-refractivity contribution in [1.82, 2.24) is 4.98 Å². The topological polar surface area (TPSA) is 79.3 Å². The first-order chi connectivity index (χ1) is 10.1. The predicted octanol–water partition coefficient (Wildman–Crippen LogP) is 2.59. The molecule has 0 bridgehead atoms. The summed E-state index contributed by atoms with van der Waals surface area (Å²) in [5.74, 6) is 0. The summed E-state index contributed by atoms with van der Waals surface area (Å²) in [6, 6.07) is 10.4. The number of pyridine rings is 1. The third-order valence-corrected chi connectivity index (χ3v) is 5.50. The van der Waals surface area contributed by atoms with Gasteiger partial charge in [0.15, 0.2) is 0 Å². The summed E-state index contributed by atoms with van der Waals surface area (Å²) < 4.78 is 27.4. The van der Waals surface area contributed by atoms with Gasteiger partial charge in [-0.1, -0.05) is 18.2 Å². The number of hydrogen-bond donors (Lipinski definition) is 2. The number of benzene rings is 1. The van der Waals surface area contributed by atoms with Gasteiger partial charge in [0.25, 0.3) is 10.0 Å². The van der Waals surface area contributed by atoms with E-state index in [9.17, 15) is 13.5 Å². The minimum absolute atomic E-state index is 0.0999. The number of sulfonamides is 1. The Morgan fingerprint density at radius 1 is 1.19 bits per heavy atom. The smallest absolute Gasteiger partial charge is 0.263 e. The Hall–Kier alpha value is -1.96. The van der Waals surface area contributed by atoms with Crippen LogP contribution >= 0.6 is 11.3 Å². The zero-order chi connectivity index (χ0) is 14.9. The average molecular weight is 320 g/mol. The van der Waals surface area contributed by atoms with E-state index in [0.29, 0.717) is 16.1 Å². The largest absolute Gasteiger partial charge is 0.391 e. The van der Waals surface area contributed by atoms with E-state index >= 15 is 0 Å². The van der Waals surface area contributed by atoms with Crippen LogP contribution in [0.2, 0.25) is 0 Å². The molecule has 3 rings (SSSR count). The zero-order valence-corrected chi connectivity index (χ0v) is 12.5. The lowest BCUT2D eigenvalue weighted by atomic mass is 10.2. The van der Waals surface area contributed by atoms with Crippen LogP contribution in [0.3, 0.4) is 0 Å². The SMILES string of the molecule is O=S(=O)(Nc1cccc2cccnc12)c1ccsc1CO. The molecule has 0 atom stereocenters. The van der Waals surface area contributed by atoms with Crippen molar-refractivity contribution in [2.75, 3.05) is 4.72 Å². The van der Waals surface area contributed by atoms with E-state index in [1.54, 1.807) is 29.8 Å². The van der Waals surface area contributed by atoms with E-state index < -0.39 is 10.0 Å². The van der Waals surface area contributed by atoms with Gasteiger partial charge in [-0.25, -0.2) is 8.42 Å². The quantitative estimate of drug-likeness (QED) is 0.774. The molecule has 5 nitrogen and oxygen atoms in total. The third-order valence-electron chi connectivity index (χ3n) is 3.01. The fourth-order valence-corrected chi connectivity index (χ4v) is 4.43. The number of rotatable bonds is 4. The lowest BCUT2D eigenvalue weighted by molar-refractivity contribution is 0.282. The van der Waals surface area contributed by atoms with Gasteiger partial charge in [-0.15, -0.1) is 11.3 Å². The number of nitrogens with one attached hydrogen (secondary N) is 1. The Morgan fingerprint density at radius 2 is 2.00 bits per heavy atom. The normalized spacial score (nSPS) is 11.7. The molecule has 2 aromatic heterocycles. The van der Waals surface area contributed by atoms with Crippen LogP contribution in [0.1, 0.15) is 4.88 Å². The van der Waals surface area contributed by atoms with Crippen molar-refractivity contribution in [2.24, 2.45) is 0 Å². The molecule has 0 fully saturated rings. The molecule has 0 saturated heterocycles. The van der Waals surface area contributed by atoms with Gasteiger partial charge in [0.1, 0.15) is 4.90 Å². The van der Waals surface area contributed by atoms with Crippen LogP contribution in [0.4, 0.5) is 5.69 Å². The molecule has 0 saturated carbocycles. The number of hydrogen-bond acceptors (Lipinski definition) is 5. The molecule has 2 heterocycles.